The summed E-state index contributed by atoms with van der Waals surface area (Å²) in [6, 6.07) is 7.33. The normalized spacial score (nSPS) is 10.1. The van der Waals surface area contributed by atoms with Gasteiger partial charge < -0.3 is 15.0 Å². The molecule has 102 valence electrons. The van der Waals surface area contributed by atoms with Crippen molar-refractivity contribution in [2.75, 3.05) is 12.8 Å². The van der Waals surface area contributed by atoms with Gasteiger partial charge in [-0.3, -0.25) is 0 Å². The molecular weight excluding hydrogens is 278 g/mol. The number of carbonyl (C=O) groups is 1. The lowest BCUT2D eigenvalue weighted by Crippen LogP contribution is -2.11. The van der Waals surface area contributed by atoms with Gasteiger partial charge in [-0.1, -0.05) is 23.7 Å². The van der Waals surface area contributed by atoms with E-state index in [0.717, 1.165) is 5.56 Å². The number of nitriles is 1. The van der Waals surface area contributed by atoms with Crippen molar-refractivity contribution in [2.45, 2.75) is 6.92 Å². The number of rotatable bonds is 2. The Bertz CT molecular complexity index is 729. The second kappa shape index (κ2) is 5.27. The standard InChI is InChI=1S/C14H12ClN3O2/c1-8-4-3-5-10(11(8)15)18-7-9(6-16)12(17)13(18)14(19)20-2/h3-5,7H,17H2,1-2H3. The third-order valence-corrected chi connectivity index (χ3v) is 3.47. The van der Waals surface area contributed by atoms with Gasteiger partial charge in [0, 0.05) is 6.20 Å². The topological polar surface area (TPSA) is 81.0 Å². The Hall–Kier alpha value is -2.45. The molecule has 0 saturated carbocycles. The number of anilines is 1. The zero-order valence-electron chi connectivity index (χ0n) is 11.0. The highest BCUT2D eigenvalue weighted by Gasteiger charge is 2.22. The van der Waals surface area contributed by atoms with Crippen molar-refractivity contribution in [1.29, 1.82) is 5.26 Å². The third kappa shape index (κ3) is 2.10. The van der Waals surface area contributed by atoms with Crippen LogP contribution >= 0.6 is 11.6 Å². The average Bonchev–Trinajstić information content (AvgIpc) is 2.77. The molecule has 0 atom stereocenters. The molecule has 0 unspecified atom stereocenters. The molecule has 1 aromatic heterocycles. The Morgan fingerprint density at radius 2 is 2.20 bits per heavy atom. The van der Waals surface area contributed by atoms with Crippen molar-refractivity contribution < 1.29 is 9.53 Å². The number of benzene rings is 1. The molecule has 2 aromatic rings. The van der Waals surface area contributed by atoms with E-state index in [1.807, 2.05) is 19.1 Å². The SMILES string of the molecule is COC(=O)c1c(N)c(C#N)cn1-c1cccc(C)c1Cl. The van der Waals surface area contributed by atoms with Crippen molar-refractivity contribution >= 4 is 23.3 Å². The number of carbonyl (C=O) groups excluding carboxylic acids is 1. The zero-order valence-corrected chi connectivity index (χ0v) is 11.7. The summed E-state index contributed by atoms with van der Waals surface area (Å²) in [5.41, 5.74) is 7.62. The van der Waals surface area contributed by atoms with Crippen molar-refractivity contribution in [3.05, 3.63) is 46.2 Å². The van der Waals surface area contributed by atoms with Crippen LogP contribution in [-0.2, 0) is 4.74 Å². The molecule has 0 saturated heterocycles. The molecule has 0 radical (unpaired) electrons. The molecule has 0 bridgehead atoms. The van der Waals surface area contributed by atoms with Crippen LogP contribution in [0.2, 0.25) is 5.02 Å². The summed E-state index contributed by atoms with van der Waals surface area (Å²) in [5.74, 6) is -0.624. The lowest BCUT2D eigenvalue weighted by atomic mass is 10.2. The van der Waals surface area contributed by atoms with Crippen LogP contribution in [0.4, 0.5) is 5.69 Å². The number of nitrogens with zero attached hydrogens (tertiary/aromatic N) is 2. The fourth-order valence-corrected chi connectivity index (χ4v) is 2.14. The first-order chi connectivity index (χ1) is 9.51. The minimum absolute atomic E-state index is 0.0805. The zero-order chi connectivity index (χ0) is 14.9. The van der Waals surface area contributed by atoms with E-state index in [1.165, 1.54) is 17.9 Å². The van der Waals surface area contributed by atoms with Gasteiger partial charge in [0.05, 0.1) is 29.1 Å². The molecule has 0 spiro atoms. The minimum Gasteiger partial charge on any atom is -0.464 e. The van der Waals surface area contributed by atoms with Crippen molar-refractivity contribution in [3.63, 3.8) is 0 Å². The smallest absolute Gasteiger partial charge is 0.357 e. The first kappa shape index (κ1) is 14.0. The highest BCUT2D eigenvalue weighted by molar-refractivity contribution is 6.33. The molecule has 5 nitrogen and oxygen atoms in total. The van der Waals surface area contributed by atoms with Crippen LogP contribution in [0.25, 0.3) is 5.69 Å². The van der Waals surface area contributed by atoms with Gasteiger partial charge in [-0.05, 0) is 18.6 Å². The summed E-state index contributed by atoms with van der Waals surface area (Å²) in [4.78, 5) is 11.9. The Balaban J connectivity index is 2.77. The highest BCUT2D eigenvalue weighted by Crippen LogP contribution is 2.30. The van der Waals surface area contributed by atoms with Gasteiger partial charge in [0.25, 0.3) is 0 Å². The van der Waals surface area contributed by atoms with Crippen molar-refractivity contribution in [3.8, 4) is 11.8 Å². The van der Waals surface area contributed by atoms with E-state index in [0.29, 0.717) is 10.7 Å². The molecule has 0 fully saturated rings. The Morgan fingerprint density at radius 3 is 2.80 bits per heavy atom. The van der Waals surface area contributed by atoms with E-state index in [9.17, 15) is 4.79 Å². The van der Waals surface area contributed by atoms with E-state index in [4.69, 9.17) is 27.3 Å². The lowest BCUT2D eigenvalue weighted by Gasteiger charge is -2.11. The first-order valence-electron chi connectivity index (χ1n) is 5.76. The molecule has 0 aliphatic carbocycles. The largest absolute Gasteiger partial charge is 0.464 e. The number of hydrogen-bond acceptors (Lipinski definition) is 4. The summed E-state index contributed by atoms with van der Waals surface area (Å²) in [6.45, 7) is 1.85. The lowest BCUT2D eigenvalue weighted by molar-refractivity contribution is 0.0593. The molecule has 20 heavy (non-hydrogen) atoms. The highest BCUT2D eigenvalue weighted by atomic mass is 35.5. The number of nitrogens with two attached hydrogens (primary N) is 1. The molecule has 1 heterocycles. The van der Waals surface area contributed by atoms with Crippen LogP contribution in [0.3, 0.4) is 0 Å². The van der Waals surface area contributed by atoms with Gasteiger partial charge in [0.1, 0.15) is 6.07 Å². The summed E-state index contributed by atoms with van der Waals surface area (Å²) in [7, 11) is 1.25. The first-order valence-corrected chi connectivity index (χ1v) is 6.13. The number of aryl methyl sites for hydroxylation is 1. The number of hydrogen-bond donors (Lipinski definition) is 1. The monoisotopic (exact) mass is 289 g/mol. The molecule has 6 heteroatoms. The Labute approximate surface area is 121 Å². The van der Waals surface area contributed by atoms with E-state index >= 15 is 0 Å². The molecule has 2 N–H and O–H groups in total. The third-order valence-electron chi connectivity index (χ3n) is 2.97. The Morgan fingerprint density at radius 1 is 1.50 bits per heavy atom. The van der Waals surface area contributed by atoms with Gasteiger partial charge in [0.15, 0.2) is 5.69 Å². The molecule has 2 rings (SSSR count). The Kier molecular flexibility index (Phi) is 3.68. The van der Waals surface area contributed by atoms with Gasteiger partial charge >= 0.3 is 5.97 Å². The summed E-state index contributed by atoms with van der Waals surface area (Å²) >= 11 is 6.26. The minimum atomic E-state index is -0.624. The van der Waals surface area contributed by atoms with Crippen LogP contribution in [-0.4, -0.2) is 17.6 Å². The summed E-state index contributed by atoms with van der Waals surface area (Å²) < 4.78 is 6.20. The van der Waals surface area contributed by atoms with E-state index in [-0.39, 0.29) is 16.9 Å². The predicted molar refractivity (Wildman–Crippen MR) is 76.0 cm³/mol. The molecule has 0 aliphatic heterocycles. The fourth-order valence-electron chi connectivity index (χ4n) is 1.92. The van der Waals surface area contributed by atoms with Gasteiger partial charge in [-0.15, -0.1) is 0 Å². The second-order valence-electron chi connectivity index (χ2n) is 4.19. The van der Waals surface area contributed by atoms with Gasteiger partial charge in [-0.25, -0.2) is 4.79 Å². The van der Waals surface area contributed by atoms with Crippen molar-refractivity contribution in [2.24, 2.45) is 0 Å². The number of aromatic nitrogens is 1. The van der Waals surface area contributed by atoms with Crippen molar-refractivity contribution in [1.82, 2.24) is 4.57 Å². The number of nitrogen functional groups attached to an aromatic ring is 1. The number of esters is 1. The second-order valence-corrected chi connectivity index (χ2v) is 4.56. The number of halogens is 1. The maximum absolute atomic E-state index is 11.9. The van der Waals surface area contributed by atoms with Crippen LogP contribution in [0, 0.1) is 18.3 Å². The fraction of sp³-hybridized carbons (Fsp3) is 0.143. The maximum atomic E-state index is 11.9. The predicted octanol–water partition coefficient (Wildman–Crippen LogP) is 2.68. The quantitative estimate of drug-likeness (QED) is 0.862. The van der Waals surface area contributed by atoms with E-state index in [1.54, 1.807) is 12.1 Å². The number of ether oxygens (including phenoxy) is 1. The van der Waals surface area contributed by atoms with Crippen LogP contribution in [0.5, 0.6) is 0 Å². The number of methoxy groups -OCH3 is 1. The van der Waals surface area contributed by atoms with Gasteiger partial charge in [-0.2, -0.15) is 5.26 Å². The van der Waals surface area contributed by atoms with Crippen LogP contribution < -0.4 is 5.73 Å². The summed E-state index contributed by atoms with van der Waals surface area (Å²) in [6.07, 6.45) is 1.47. The molecular formula is C14H12ClN3O2. The van der Waals surface area contributed by atoms with Crippen LogP contribution in [0.1, 0.15) is 21.6 Å². The van der Waals surface area contributed by atoms with E-state index in [2.05, 4.69) is 0 Å². The molecule has 0 amide bonds. The van der Waals surface area contributed by atoms with Gasteiger partial charge in [0.2, 0.25) is 0 Å². The average molecular weight is 290 g/mol. The molecule has 0 aliphatic rings. The summed E-state index contributed by atoms with van der Waals surface area (Å²) in [5, 5.41) is 9.54. The van der Waals surface area contributed by atoms with Crippen LogP contribution in [0.15, 0.2) is 24.4 Å². The maximum Gasteiger partial charge on any atom is 0.357 e. The van der Waals surface area contributed by atoms with E-state index < -0.39 is 5.97 Å². The molecule has 1 aromatic carbocycles.